The minimum atomic E-state index is -0.467. The van der Waals surface area contributed by atoms with Gasteiger partial charge in [-0.25, -0.2) is 4.79 Å². The van der Waals surface area contributed by atoms with Crippen molar-refractivity contribution in [2.24, 2.45) is 0 Å². The number of hydrogen-bond acceptors (Lipinski definition) is 5. The van der Waals surface area contributed by atoms with Crippen molar-refractivity contribution in [1.29, 1.82) is 0 Å². The molecule has 0 unspecified atom stereocenters. The molecule has 1 amide bonds. The third-order valence-corrected chi connectivity index (χ3v) is 5.71. The van der Waals surface area contributed by atoms with Gasteiger partial charge in [0.15, 0.2) is 0 Å². The molecule has 0 aromatic heterocycles. The van der Waals surface area contributed by atoms with E-state index in [9.17, 15) is 9.59 Å². The van der Waals surface area contributed by atoms with Gasteiger partial charge in [-0.15, -0.1) is 0 Å². The lowest BCUT2D eigenvalue weighted by Gasteiger charge is -2.16. The molecule has 0 spiro atoms. The van der Waals surface area contributed by atoms with E-state index < -0.39 is 5.97 Å². The fraction of sp³-hybridized carbons (Fsp3) is 0.290. The highest BCUT2D eigenvalue weighted by atomic mass is 16.5. The number of nitrogens with one attached hydrogen (secondary N) is 1. The van der Waals surface area contributed by atoms with Crippen LogP contribution in [0.1, 0.15) is 29.5 Å². The van der Waals surface area contributed by atoms with E-state index in [0.717, 1.165) is 29.7 Å². The first-order valence-corrected chi connectivity index (χ1v) is 12.5. The van der Waals surface area contributed by atoms with Gasteiger partial charge in [0.2, 0.25) is 5.91 Å². The molecular formula is C31H35NO5. The molecule has 6 nitrogen and oxygen atoms in total. The van der Waals surface area contributed by atoms with Gasteiger partial charge in [0.05, 0.1) is 19.8 Å². The average molecular weight is 502 g/mol. The van der Waals surface area contributed by atoms with Crippen LogP contribution in [-0.4, -0.2) is 38.2 Å². The first-order chi connectivity index (χ1) is 18.1. The summed E-state index contributed by atoms with van der Waals surface area (Å²) in [7, 11) is 1.32. The second-order valence-corrected chi connectivity index (χ2v) is 8.63. The molecule has 0 aliphatic heterocycles. The Morgan fingerprint density at radius 3 is 2.19 bits per heavy atom. The lowest BCUT2D eigenvalue weighted by Crippen LogP contribution is -2.35. The van der Waals surface area contributed by atoms with Gasteiger partial charge >= 0.3 is 5.97 Å². The number of benzene rings is 3. The molecule has 194 valence electrons. The van der Waals surface area contributed by atoms with E-state index >= 15 is 0 Å². The zero-order chi connectivity index (χ0) is 26.1. The predicted molar refractivity (Wildman–Crippen MR) is 144 cm³/mol. The van der Waals surface area contributed by atoms with Crippen LogP contribution in [0.5, 0.6) is 5.75 Å². The van der Waals surface area contributed by atoms with E-state index in [1.54, 1.807) is 6.08 Å². The van der Waals surface area contributed by atoms with E-state index in [-0.39, 0.29) is 18.4 Å². The molecule has 0 radical (unpaired) electrons. The average Bonchev–Trinajstić information content (AvgIpc) is 2.94. The summed E-state index contributed by atoms with van der Waals surface area (Å²) in [5.74, 6) is 0.166. The molecule has 6 heteroatoms. The molecule has 3 aromatic carbocycles. The number of carbonyl (C=O) groups excluding carboxylic acids is 2. The Morgan fingerprint density at radius 2 is 1.51 bits per heavy atom. The smallest absolute Gasteiger partial charge is 0.330 e. The Balaban J connectivity index is 1.44. The first kappa shape index (κ1) is 27.7. The molecule has 0 saturated heterocycles. The van der Waals surface area contributed by atoms with Crippen LogP contribution in [0, 0.1) is 0 Å². The minimum absolute atomic E-state index is 0.134. The molecule has 0 fully saturated rings. The molecular weight excluding hydrogens is 466 g/mol. The molecule has 0 saturated carbocycles. The van der Waals surface area contributed by atoms with Gasteiger partial charge in [-0.3, -0.25) is 4.79 Å². The highest BCUT2D eigenvalue weighted by Crippen LogP contribution is 2.16. The topological polar surface area (TPSA) is 73.9 Å². The Kier molecular flexibility index (Phi) is 11.9. The molecule has 1 atom stereocenters. The maximum absolute atomic E-state index is 12.5. The third-order valence-electron chi connectivity index (χ3n) is 5.71. The first-order valence-electron chi connectivity index (χ1n) is 12.5. The lowest BCUT2D eigenvalue weighted by molar-refractivity contribution is -0.135. The van der Waals surface area contributed by atoms with Gasteiger partial charge in [-0.2, -0.15) is 0 Å². The van der Waals surface area contributed by atoms with E-state index in [2.05, 4.69) is 17.4 Å². The summed E-state index contributed by atoms with van der Waals surface area (Å²) in [6.07, 6.45) is 5.62. The van der Waals surface area contributed by atoms with Crippen LogP contribution in [0.15, 0.2) is 97.1 Å². The summed E-state index contributed by atoms with van der Waals surface area (Å²) in [6, 6.07) is 27.6. The second-order valence-electron chi connectivity index (χ2n) is 8.63. The van der Waals surface area contributed by atoms with Crippen LogP contribution < -0.4 is 10.1 Å². The van der Waals surface area contributed by atoms with Crippen molar-refractivity contribution >= 4 is 11.9 Å². The number of aryl methyl sites for hydroxylation is 1. The normalized spacial score (nSPS) is 11.7. The fourth-order valence-corrected chi connectivity index (χ4v) is 3.72. The van der Waals surface area contributed by atoms with Gasteiger partial charge in [0, 0.05) is 19.1 Å². The van der Waals surface area contributed by atoms with Gasteiger partial charge < -0.3 is 19.5 Å². The minimum Gasteiger partial charge on any atom is -0.489 e. The molecule has 0 aliphatic rings. The Labute approximate surface area is 219 Å². The predicted octanol–water partition coefficient (Wildman–Crippen LogP) is 5.06. The lowest BCUT2D eigenvalue weighted by atomic mass is 10.0. The van der Waals surface area contributed by atoms with Crippen LogP contribution in [0.25, 0.3) is 0 Å². The molecule has 3 aromatic rings. The highest BCUT2D eigenvalue weighted by molar-refractivity contribution is 5.82. The summed E-state index contributed by atoms with van der Waals surface area (Å²) in [5, 5.41) is 2.98. The molecule has 0 heterocycles. The van der Waals surface area contributed by atoms with E-state index in [1.165, 1.54) is 18.7 Å². The Bertz CT molecular complexity index is 1100. The summed E-state index contributed by atoms with van der Waals surface area (Å²) in [6.45, 7) is 1.45. The molecule has 37 heavy (non-hydrogen) atoms. The quantitative estimate of drug-likeness (QED) is 0.179. The van der Waals surface area contributed by atoms with Gasteiger partial charge in [0.1, 0.15) is 12.4 Å². The molecule has 0 bridgehead atoms. The van der Waals surface area contributed by atoms with E-state index in [1.807, 2.05) is 72.8 Å². The summed E-state index contributed by atoms with van der Waals surface area (Å²) < 4.78 is 16.2. The standard InChI is InChI=1S/C31H35NO5/c1-35-31(34)19-16-28(32-30(33)20-22-36-21-8-13-25-9-4-2-5-10-25)23-26-14-17-29(18-15-26)37-24-27-11-6-3-7-12-27/h2-7,9-12,14-19,28H,8,13,20-24H2,1H3,(H,32,33)/b19-16+/t28-/m0/s1. The zero-order valence-electron chi connectivity index (χ0n) is 21.3. The number of carbonyl (C=O) groups is 2. The van der Waals surface area contributed by atoms with Crippen molar-refractivity contribution in [1.82, 2.24) is 5.32 Å². The summed E-state index contributed by atoms with van der Waals surface area (Å²) >= 11 is 0. The number of hydrogen-bond donors (Lipinski definition) is 1. The Morgan fingerprint density at radius 1 is 0.838 bits per heavy atom. The number of esters is 1. The van der Waals surface area contributed by atoms with Crippen molar-refractivity contribution < 1.29 is 23.8 Å². The molecule has 0 aliphatic carbocycles. The van der Waals surface area contributed by atoms with Gasteiger partial charge in [-0.05, 0) is 48.1 Å². The van der Waals surface area contributed by atoms with Crippen molar-refractivity contribution in [2.45, 2.75) is 38.3 Å². The van der Waals surface area contributed by atoms with Gasteiger partial charge in [-0.1, -0.05) is 78.9 Å². The number of amides is 1. The van der Waals surface area contributed by atoms with Gasteiger partial charge in [0.25, 0.3) is 0 Å². The third kappa shape index (κ3) is 11.1. The van der Waals surface area contributed by atoms with Crippen LogP contribution in [0.2, 0.25) is 0 Å². The Hall–Kier alpha value is -3.90. The summed E-state index contributed by atoms with van der Waals surface area (Å²) in [4.78, 5) is 24.1. The van der Waals surface area contributed by atoms with Crippen LogP contribution in [-0.2, 0) is 38.5 Å². The number of ether oxygens (including phenoxy) is 3. The number of rotatable bonds is 15. The monoisotopic (exact) mass is 501 g/mol. The maximum Gasteiger partial charge on any atom is 0.330 e. The van der Waals surface area contributed by atoms with Crippen LogP contribution >= 0.6 is 0 Å². The van der Waals surface area contributed by atoms with Crippen LogP contribution in [0.3, 0.4) is 0 Å². The van der Waals surface area contributed by atoms with Crippen molar-refractivity contribution in [3.05, 3.63) is 114 Å². The summed E-state index contributed by atoms with van der Waals surface area (Å²) in [5.41, 5.74) is 3.38. The van der Waals surface area contributed by atoms with Crippen LogP contribution in [0.4, 0.5) is 0 Å². The number of methoxy groups -OCH3 is 1. The highest BCUT2D eigenvalue weighted by Gasteiger charge is 2.12. The molecule has 3 rings (SSSR count). The maximum atomic E-state index is 12.5. The SMILES string of the molecule is COC(=O)/C=C/[C@@H](Cc1ccc(OCc2ccccc2)cc1)NC(=O)CCOCCCc1ccccc1. The second kappa shape index (κ2) is 16.0. The van der Waals surface area contributed by atoms with Crippen molar-refractivity contribution in [3.63, 3.8) is 0 Å². The largest absolute Gasteiger partial charge is 0.489 e. The van der Waals surface area contributed by atoms with Crippen molar-refractivity contribution in [3.8, 4) is 5.75 Å². The van der Waals surface area contributed by atoms with E-state index in [4.69, 9.17) is 14.2 Å². The van der Waals surface area contributed by atoms with E-state index in [0.29, 0.717) is 26.2 Å². The fourth-order valence-electron chi connectivity index (χ4n) is 3.72. The molecule has 1 N–H and O–H groups in total. The van der Waals surface area contributed by atoms with Crippen molar-refractivity contribution in [2.75, 3.05) is 20.3 Å². The zero-order valence-corrected chi connectivity index (χ0v) is 21.3.